The van der Waals surface area contributed by atoms with Crippen LogP contribution >= 0.6 is 0 Å². The molecule has 6 rings (SSSR count). The molecule has 9 nitrogen and oxygen atoms in total. The molecule has 0 unspecified atom stereocenters. The molecule has 2 aliphatic rings. The Morgan fingerprint density at radius 1 is 0.600 bits per heavy atom. The number of alkyl halides is 6. The van der Waals surface area contributed by atoms with Crippen LogP contribution in [0.1, 0.15) is 58.1 Å². The van der Waals surface area contributed by atoms with E-state index in [4.69, 9.17) is 4.74 Å². The molecular weight excluding hydrogens is 674 g/mol. The molecular formula is C35H24F6N2O7. The molecule has 15 heteroatoms. The van der Waals surface area contributed by atoms with E-state index in [1.165, 1.54) is 31.3 Å². The number of ether oxygens (including phenoxy) is 1. The van der Waals surface area contributed by atoms with Gasteiger partial charge in [0.15, 0.2) is 0 Å². The van der Waals surface area contributed by atoms with E-state index in [2.05, 4.69) is 13.2 Å². The molecule has 2 aliphatic heterocycles. The van der Waals surface area contributed by atoms with Gasteiger partial charge in [0.1, 0.15) is 23.0 Å². The van der Waals surface area contributed by atoms with Crippen molar-refractivity contribution in [3.63, 3.8) is 0 Å². The molecule has 4 aromatic rings. The minimum absolute atomic E-state index is 0.0457. The van der Waals surface area contributed by atoms with Crippen molar-refractivity contribution in [2.45, 2.75) is 24.7 Å². The van der Waals surface area contributed by atoms with Crippen molar-refractivity contribution in [2.24, 2.45) is 0 Å². The monoisotopic (exact) mass is 698 g/mol. The number of fused-ring (bicyclic) bond motifs is 2. The number of hydrogen-bond acceptors (Lipinski definition) is 7. The van der Waals surface area contributed by atoms with Gasteiger partial charge in [0, 0.05) is 7.05 Å². The first-order valence-corrected chi connectivity index (χ1v) is 14.3. The van der Waals surface area contributed by atoms with Gasteiger partial charge in [-0.3, -0.25) is 24.1 Å². The summed E-state index contributed by atoms with van der Waals surface area (Å²) in [6.07, 6.45) is -12.1. The molecule has 0 saturated heterocycles. The Labute approximate surface area is 279 Å². The van der Waals surface area contributed by atoms with Crippen molar-refractivity contribution >= 4 is 29.3 Å². The fourth-order valence-electron chi connectivity index (χ4n) is 5.85. The maximum atomic E-state index is 14.8. The third-order valence-electron chi connectivity index (χ3n) is 8.28. The zero-order chi connectivity index (χ0) is 37.1. The van der Waals surface area contributed by atoms with Gasteiger partial charge in [-0.15, -0.1) is 13.2 Å². The average molecular weight is 699 g/mol. The van der Waals surface area contributed by atoms with Crippen LogP contribution in [0.5, 0.6) is 23.0 Å². The summed E-state index contributed by atoms with van der Waals surface area (Å²) < 4.78 is 94.3. The summed E-state index contributed by atoms with van der Waals surface area (Å²) in [6.45, 7) is 7.11. The van der Waals surface area contributed by atoms with Gasteiger partial charge < -0.3 is 14.9 Å². The highest BCUT2D eigenvalue weighted by molar-refractivity contribution is 6.35. The SMILES string of the molecule is C=C.Cc1cc(C(c2ccc(O)c(N3C(=O)c4ccc(Oc5ccc6c(c5)C(=O)N(C)C6=O)cc4C3=O)c2)(C(F)(F)F)C(F)(F)F)ccc1O. The predicted molar refractivity (Wildman–Crippen MR) is 166 cm³/mol. The third-order valence-corrected chi connectivity index (χ3v) is 8.28. The second-order valence-corrected chi connectivity index (χ2v) is 11.1. The molecule has 0 aliphatic carbocycles. The molecule has 2 N–H and O–H groups in total. The maximum absolute atomic E-state index is 14.8. The topological polar surface area (TPSA) is 124 Å². The van der Waals surface area contributed by atoms with Crippen molar-refractivity contribution in [3.8, 4) is 23.0 Å². The van der Waals surface area contributed by atoms with E-state index >= 15 is 0 Å². The second-order valence-electron chi connectivity index (χ2n) is 11.1. The van der Waals surface area contributed by atoms with Crippen LogP contribution in [-0.2, 0) is 5.41 Å². The number of aromatic hydroxyl groups is 2. The number of aryl methyl sites for hydroxylation is 1. The Balaban J connectivity index is 0.00000239. The standard InChI is InChI=1S/C33H20F6N2O7.C2H4/c1-15-11-16(3-9-25(15)42)31(32(34,35)36,33(37,38)39)17-4-10-26(43)24(12-17)41-29(46)21-8-6-19(14-23(21)30(41)47)48-18-5-7-20-22(13-18)28(45)40(2)27(20)44;1-2/h3-14,42-43H,1-2H3;1-2H2. The normalized spacial score (nSPS) is 14.4. The molecule has 0 radical (unpaired) electrons. The van der Waals surface area contributed by atoms with Crippen molar-refractivity contribution in [1.82, 2.24) is 4.90 Å². The molecule has 258 valence electrons. The zero-order valence-electron chi connectivity index (χ0n) is 25.9. The molecule has 50 heavy (non-hydrogen) atoms. The lowest BCUT2D eigenvalue weighted by Gasteiger charge is -2.39. The molecule has 0 fully saturated rings. The van der Waals surface area contributed by atoms with Gasteiger partial charge in [-0.25, -0.2) is 4.90 Å². The smallest absolute Gasteiger partial charge is 0.411 e. The predicted octanol–water partition coefficient (Wildman–Crippen LogP) is 7.44. The minimum Gasteiger partial charge on any atom is -0.508 e. The Hall–Kier alpha value is -6.12. The van der Waals surface area contributed by atoms with Crippen LogP contribution in [-0.4, -0.2) is 58.1 Å². The number of carbonyl (C=O) groups is 4. The van der Waals surface area contributed by atoms with Crippen LogP contribution in [0.2, 0.25) is 0 Å². The fourth-order valence-corrected chi connectivity index (χ4v) is 5.85. The largest absolute Gasteiger partial charge is 0.508 e. The molecule has 4 aromatic carbocycles. The average Bonchev–Trinajstić information content (AvgIpc) is 3.42. The quantitative estimate of drug-likeness (QED) is 0.126. The van der Waals surface area contributed by atoms with Gasteiger partial charge >= 0.3 is 12.4 Å². The second kappa shape index (κ2) is 12.1. The van der Waals surface area contributed by atoms with Gasteiger partial charge in [0.25, 0.3) is 23.6 Å². The number of phenolic OH excluding ortho intramolecular Hbond substituents is 2. The van der Waals surface area contributed by atoms with Crippen LogP contribution in [0.25, 0.3) is 0 Å². The summed E-state index contributed by atoms with van der Waals surface area (Å²) in [7, 11) is 1.30. The lowest BCUT2D eigenvalue weighted by molar-refractivity contribution is -0.288. The van der Waals surface area contributed by atoms with Crippen molar-refractivity contribution in [2.75, 3.05) is 11.9 Å². The Bertz CT molecular complexity index is 2090. The van der Waals surface area contributed by atoms with E-state index in [9.17, 15) is 55.7 Å². The van der Waals surface area contributed by atoms with E-state index in [0.717, 1.165) is 24.0 Å². The van der Waals surface area contributed by atoms with E-state index in [1.807, 2.05) is 0 Å². The van der Waals surface area contributed by atoms with Gasteiger partial charge in [0.2, 0.25) is 5.41 Å². The molecule has 0 bridgehead atoms. The van der Waals surface area contributed by atoms with Crippen LogP contribution in [0.3, 0.4) is 0 Å². The summed E-state index contributed by atoms with van der Waals surface area (Å²) in [5.41, 5.74) is -9.14. The molecule has 0 aromatic heterocycles. The number of imide groups is 2. The van der Waals surface area contributed by atoms with Gasteiger partial charge in [-0.05, 0) is 78.2 Å². The number of carbonyl (C=O) groups excluding carboxylic acids is 4. The van der Waals surface area contributed by atoms with Crippen molar-refractivity contribution in [1.29, 1.82) is 0 Å². The van der Waals surface area contributed by atoms with Gasteiger partial charge in [0.05, 0.1) is 27.9 Å². The first-order chi connectivity index (χ1) is 23.4. The molecule has 2 heterocycles. The summed E-state index contributed by atoms with van der Waals surface area (Å²) in [5, 5.41) is 20.4. The van der Waals surface area contributed by atoms with E-state index in [1.54, 1.807) is 0 Å². The highest BCUT2D eigenvalue weighted by atomic mass is 19.4. The van der Waals surface area contributed by atoms with E-state index < -0.39 is 69.7 Å². The number of halogens is 6. The summed E-state index contributed by atoms with van der Waals surface area (Å²) in [5.74, 6) is -4.92. The van der Waals surface area contributed by atoms with Gasteiger partial charge in [-0.2, -0.15) is 26.3 Å². The number of hydrogen-bond donors (Lipinski definition) is 2. The lowest BCUT2D eigenvalue weighted by atomic mass is 9.72. The first kappa shape index (κ1) is 35.2. The Kier molecular flexibility index (Phi) is 8.51. The third kappa shape index (κ3) is 5.21. The maximum Gasteiger partial charge on any atom is 0.411 e. The first-order valence-electron chi connectivity index (χ1n) is 14.3. The molecule has 0 saturated carbocycles. The number of phenols is 2. The Morgan fingerprint density at radius 3 is 1.56 bits per heavy atom. The summed E-state index contributed by atoms with van der Waals surface area (Å²) >= 11 is 0. The van der Waals surface area contributed by atoms with Crippen LogP contribution in [0, 0.1) is 6.92 Å². The number of amides is 4. The molecule has 4 amide bonds. The van der Waals surface area contributed by atoms with Crippen molar-refractivity contribution in [3.05, 3.63) is 125 Å². The highest BCUT2D eigenvalue weighted by Gasteiger charge is 2.72. The summed E-state index contributed by atoms with van der Waals surface area (Å²) in [4.78, 5) is 52.6. The van der Waals surface area contributed by atoms with Crippen LogP contribution in [0.4, 0.5) is 32.0 Å². The van der Waals surface area contributed by atoms with Crippen LogP contribution < -0.4 is 9.64 Å². The number of rotatable bonds is 5. The number of benzene rings is 4. The summed E-state index contributed by atoms with van der Waals surface area (Å²) in [6, 6.07) is 10.4. The zero-order valence-corrected chi connectivity index (χ0v) is 25.9. The lowest BCUT2D eigenvalue weighted by Crippen LogP contribution is -2.54. The number of anilines is 1. The molecule has 0 spiro atoms. The minimum atomic E-state index is -6.04. The van der Waals surface area contributed by atoms with E-state index in [-0.39, 0.29) is 50.3 Å². The highest BCUT2D eigenvalue weighted by Crippen LogP contribution is 2.57. The Morgan fingerprint density at radius 2 is 1.04 bits per heavy atom. The van der Waals surface area contributed by atoms with Crippen molar-refractivity contribution < 1.29 is 60.5 Å². The number of nitrogens with zero attached hydrogens (tertiary/aromatic N) is 2. The van der Waals surface area contributed by atoms with Gasteiger partial charge in [-0.1, -0.05) is 18.2 Å². The molecule has 0 atom stereocenters. The van der Waals surface area contributed by atoms with Crippen LogP contribution in [0.15, 0.2) is 86.0 Å². The van der Waals surface area contributed by atoms with E-state index in [0.29, 0.717) is 30.3 Å². The fraction of sp³-hybridized carbons (Fsp3) is 0.143.